The summed E-state index contributed by atoms with van der Waals surface area (Å²) in [7, 11) is 3.82. The molecule has 0 aromatic heterocycles. The summed E-state index contributed by atoms with van der Waals surface area (Å²) in [5, 5.41) is 8.85. The summed E-state index contributed by atoms with van der Waals surface area (Å²) in [6.07, 6.45) is 0. The summed E-state index contributed by atoms with van der Waals surface area (Å²) in [6.45, 7) is 6.33. The van der Waals surface area contributed by atoms with Crippen LogP contribution in [0.15, 0.2) is 18.2 Å². The zero-order valence-corrected chi connectivity index (χ0v) is 13.1. The number of aliphatic hydroxyl groups excluding tert-OH is 1. The number of aliphatic hydroxyl groups is 1. The smallest absolute Gasteiger partial charge is 0.134 e. The Kier molecular flexibility index (Phi) is 5.63. The fourth-order valence-corrected chi connectivity index (χ4v) is 2.61. The number of benzene rings is 1. The van der Waals surface area contributed by atoms with E-state index in [1.807, 2.05) is 6.07 Å². The molecule has 1 aliphatic heterocycles. The minimum atomic E-state index is -0.136. The van der Waals surface area contributed by atoms with Crippen LogP contribution >= 0.6 is 0 Å². The van der Waals surface area contributed by atoms with Crippen molar-refractivity contribution in [2.45, 2.75) is 19.5 Å². The van der Waals surface area contributed by atoms with Crippen LogP contribution in [0.4, 0.5) is 0 Å². The molecule has 1 heterocycles. The molecule has 1 aliphatic rings. The van der Waals surface area contributed by atoms with Crippen molar-refractivity contribution in [1.29, 1.82) is 0 Å². The molecule has 1 aromatic carbocycles. The van der Waals surface area contributed by atoms with Crippen molar-refractivity contribution < 1.29 is 9.84 Å². The molecule has 0 radical (unpaired) electrons. The molecule has 2 rings (SSSR count). The van der Waals surface area contributed by atoms with E-state index >= 15 is 0 Å². The summed E-state index contributed by atoms with van der Waals surface area (Å²) < 4.78 is 5.31. The number of ether oxygens (including phenoxy) is 1. The van der Waals surface area contributed by atoms with Gasteiger partial charge in [-0.1, -0.05) is 17.9 Å². The molecule has 1 saturated heterocycles. The number of hydrogen-bond acceptors (Lipinski definition) is 4. The first kappa shape index (κ1) is 15.8. The molecular formula is C17H24N2O2. The quantitative estimate of drug-likeness (QED) is 0.847. The molecule has 114 valence electrons. The largest absolute Gasteiger partial charge is 0.495 e. The minimum absolute atomic E-state index is 0.136. The highest BCUT2D eigenvalue weighted by molar-refractivity contribution is 5.48. The molecule has 1 N–H and O–H groups in total. The van der Waals surface area contributed by atoms with E-state index in [4.69, 9.17) is 9.84 Å². The van der Waals surface area contributed by atoms with Crippen molar-refractivity contribution in [2.75, 3.05) is 40.4 Å². The zero-order chi connectivity index (χ0) is 15.2. The monoisotopic (exact) mass is 288 g/mol. The Labute approximate surface area is 127 Å². The van der Waals surface area contributed by atoms with Crippen molar-refractivity contribution >= 4 is 0 Å². The molecule has 4 nitrogen and oxygen atoms in total. The van der Waals surface area contributed by atoms with E-state index in [0.717, 1.165) is 37.5 Å². The highest BCUT2D eigenvalue weighted by atomic mass is 16.5. The summed E-state index contributed by atoms with van der Waals surface area (Å²) in [5.74, 6) is 6.40. The highest BCUT2D eigenvalue weighted by Gasteiger charge is 2.20. The molecule has 1 aromatic rings. The van der Waals surface area contributed by atoms with E-state index in [0.29, 0.717) is 6.04 Å². The molecule has 0 aliphatic carbocycles. The topological polar surface area (TPSA) is 35.9 Å². The van der Waals surface area contributed by atoms with E-state index in [2.05, 4.69) is 47.7 Å². The Bertz CT molecular complexity index is 533. The molecule has 1 fully saturated rings. The SMILES string of the molecule is COc1ccc(CN2CCN(C)C(C)C2)cc1C#CCO. The van der Waals surface area contributed by atoms with E-state index in [9.17, 15) is 0 Å². The maximum absolute atomic E-state index is 8.85. The number of likely N-dealkylation sites (N-methyl/N-ethyl adjacent to an activating group) is 1. The van der Waals surface area contributed by atoms with E-state index in [-0.39, 0.29) is 6.61 Å². The molecule has 0 spiro atoms. The fraction of sp³-hybridized carbons (Fsp3) is 0.529. The van der Waals surface area contributed by atoms with Gasteiger partial charge in [0.05, 0.1) is 12.7 Å². The van der Waals surface area contributed by atoms with Gasteiger partial charge in [-0.05, 0) is 31.7 Å². The molecule has 4 heteroatoms. The van der Waals surface area contributed by atoms with Gasteiger partial charge in [-0.3, -0.25) is 4.90 Å². The first-order valence-electron chi connectivity index (χ1n) is 7.33. The summed E-state index contributed by atoms with van der Waals surface area (Å²) in [5.41, 5.74) is 2.07. The molecule has 0 amide bonds. The van der Waals surface area contributed by atoms with Gasteiger partial charge in [0.1, 0.15) is 12.4 Å². The predicted molar refractivity (Wildman–Crippen MR) is 84.3 cm³/mol. The lowest BCUT2D eigenvalue weighted by Gasteiger charge is -2.37. The second-order valence-corrected chi connectivity index (χ2v) is 5.56. The van der Waals surface area contributed by atoms with Crippen LogP contribution in [0.3, 0.4) is 0 Å². The van der Waals surface area contributed by atoms with Crippen LogP contribution < -0.4 is 4.74 Å². The second-order valence-electron chi connectivity index (χ2n) is 5.56. The van der Waals surface area contributed by atoms with Crippen LogP contribution in [0.2, 0.25) is 0 Å². The average molecular weight is 288 g/mol. The first-order valence-corrected chi connectivity index (χ1v) is 7.33. The van der Waals surface area contributed by atoms with Crippen LogP contribution in [0.1, 0.15) is 18.1 Å². The van der Waals surface area contributed by atoms with Gasteiger partial charge in [-0.2, -0.15) is 0 Å². The first-order chi connectivity index (χ1) is 10.1. The lowest BCUT2D eigenvalue weighted by atomic mass is 10.1. The van der Waals surface area contributed by atoms with E-state index < -0.39 is 0 Å². The number of hydrogen-bond donors (Lipinski definition) is 1. The third-order valence-corrected chi connectivity index (χ3v) is 4.02. The van der Waals surface area contributed by atoms with Crippen LogP contribution in [0.5, 0.6) is 5.75 Å². The van der Waals surface area contributed by atoms with Gasteiger partial charge in [-0.15, -0.1) is 0 Å². The zero-order valence-electron chi connectivity index (χ0n) is 13.1. The van der Waals surface area contributed by atoms with Gasteiger partial charge in [-0.25, -0.2) is 0 Å². The molecule has 1 atom stereocenters. The number of piperazine rings is 1. The van der Waals surface area contributed by atoms with Crippen molar-refractivity contribution in [3.63, 3.8) is 0 Å². The lowest BCUT2D eigenvalue weighted by molar-refractivity contribution is 0.1000. The third-order valence-electron chi connectivity index (χ3n) is 4.02. The Hall–Kier alpha value is -1.54. The van der Waals surface area contributed by atoms with Crippen LogP contribution in [0, 0.1) is 11.8 Å². The number of methoxy groups -OCH3 is 1. The van der Waals surface area contributed by atoms with Gasteiger partial charge >= 0.3 is 0 Å². The van der Waals surface area contributed by atoms with Crippen LogP contribution in [0.25, 0.3) is 0 Å². The van der Waals surface area contributed by atoms with Gasteiger partial charge < -0.3 is 14.7 Å². The number of nitrogens with zero attached hydrogens (tertiary/aromatic N) is 2. The molecule has 0 saturated carbocycles. The highest BCUT2D eigenvalue weighted by Crippen LogP contribution is 2.20. The molecule has 0 bridgehead atoms. The van der Waals surface area contributed by atoms with Gasteiger partial charge in [0.25, 0.3) is 0 Å². The predicted octanol–water partition coefficient (Wildman–Crippen LogP) is 1.17. The molecular weight excluding hydrogens is 264 g/mol. The van der Waals surface area contributed by atoms with Gasteiger partial charge in [0, 0.05) is 32.2 Å². The Morgan fingerprint density at radius 2 is 2.19 bits per heavy atom. The van der Waals surface area contributed by atoms with E-state index in [1.165, 1.54) is 5.56 Å². The molecule has 1 unspecified atom stereocenters. The van der Waals surface area contributed by atoms with Crippen molar-refractivity contribution in [3.05, 3.63) is 29.3 Å². The fourth-order valence-electron chi connectivity index (χ4n) is 2.61. The summed E-state index contributed by atoms with van der Waals surface area (Å²) in [4.78, 5) is 4.86. The van der Waals surface area contributed by atoms with E-state index in [1.54, 1.807) is 7.11 Å². The van der Waals surface area contributed by atoms with Crippen molar-refractivity contribution in [1.82, 2.24) is 9.80 Å². The average Bonchev–Trinajstić information content (AvgIpc) is 2.49. The third kappa shape index (κ3) is 4.21. The van der Waals surface area contributed by atoms with Crippen molar-refractivity contribution in [3.8, 4) is 17.6 Å². The standard InChI is InChI=1S/C17H24N2O2/c1-14-12-19(9-8-18(14)2)13-15-6-7-17(21-3)16(11-15)5-4-10-20/h6-7,11,14,20H,8-10,12-13H2,1-3H3. The minimum Gasteiger partial charge on any atom is -0.495 e. The maximum atomic E-state index is 8.85. The van der Waals surface area contributed by atoms with Crippen LogP contribution in [-0.2, 0) is 6.54 Å². The number of rotatable bonds is 3. The summed E-state index contributed by atoms with van der Waals surface area (Å²) in [6, 6.07) is 6.69. The normalized spacial score (nSPS) is 19.9. The Morgan fingerprint density at radius 1 is 1.38 bits per heavy atom. The maximum Gasteiger partial charge on any atom is 0.134 e. The summed E-state index contributed by atoms with van der Waals surface area (Å²) >= 11 is 0. The molecule has 21 heavy (non-hydrogen) atoms. The van der Waals surface area contributed by atoms with Gasteiger partial charge in [0.2, 0.25) is 0 Å². The second kappa shape index (κ2) is 7.46. The lowest BCUT2D eigenvalue weighted by Crippen LogP contribution is -2.49. The Balaban J connectivity index is 2.10. The Morgan fingerprint density at radius 3 is 2.86 bits per heavy atom. The van der Waals surface area contributed by atoms with Crippen LogP contribution in [-0.4, -0.2) is 61.3 Å². The van der Waals surface area contributed by atoms with Gasteiger partial charge in [0.15, 0.2) is 0 Å². The van der Waals surface area contributed by atoms with Crippen molar-refractivity contribution in [2.24, 2.45) is 0 Å².